The van der Waals surface area contributed by atoms with Crippen LogP contribution in [0.1, 0.15) is 24.2 Å². The maximum atomic E-state index is 13.6. The predicted molar refractivity (Wildman–Crippen MR) is 118 cm³/mol. The van der Waals surface area contributed by atoms with Crippen LogP contribution >= 0.6 is 0 Å². The van der Waals surface area contributed by atoms with Crippen molar-refractivity contribution in [3.63, 3.8) is 0 Å². The molecule has 31 heavy (non-hydrogen) atoms. The van der Waals surface area contributed by atoms with Crippen molar-refractivity contribution in [2.24, 2.45) is 0 Å². The highest BCUT2D eigenvalue weighted by atomic mass is 19.1. The van der Waals surface area contributed by atoms with Crippen LogP contribution in [0.2, 0.25) is 0 Å². The molecule has 0 fully saturated rings. The Morgan fingerprint density at radius 2 is 2.03 bits per heavy atom. The van der Waals surface area contributed by atoms with E-state index in [1.807, 2.05) is 35.7 Å². The number of benzene rings is 1. The lowest BCUT2D eigenvalue weighted by molar-refractivity contribution is -0.129. The number of nitrogens with one attached hydrogen (secondary N) is 1. The molecule has 6 nitrogen and oxygen atoms in total. The predicted octanol–water partition coefficient (Wildman–Crippen LogP) is 4.63. The summed E-state index contributed by atoms with van der Waals surface area (Å²) >= 11 is 0. The number of hydrogen-bond acceptors (Lipinski definition) is 3. The van der Waals surface area contributed by atoms with E-state index in [9.17, 15) is 9.18 Å². The summed E-state index contributed by atoms with van der Waals surface area (Å²) in [4.78, 5) is 22.0. The molecule has 1 aliphatic rings. The first-order valence-corrected chi connectivity index (χ1v) is 10.2. The number of H-pyrrole nitrogens is 1. The summed E-state index contributed by atoms with van der Waals surface area (Å²) in [7, 11) is 0. The number of aryl methyl sites for hydroxylation is 1. The molecule has 3 aromatic heterocycles. The van der Waals surface area contributed by atoms with Crippen molar-refractivity contribution in [3.8, 4) is 22.4 Å². The zero-order chi connectivity index (χ0) is 21.7. The van der Waals surface area contributed by atoms with Crippen molar-refractivity contribution < 1.29 is 9.18 Å². The normalized spacial score (nSPS) is 15.8. The van der Waals surface area contributed by atoms with Crippen LogP contribution < -0.4 is 0 Å². The van der Waals surface area contributed by atoms with Gasteiger partial charge in [0.05, 0.1) is 18.3 Å². The molecular weight excluding hydrogens is 393 g/mol. The standard InChI is InChI=1S/C24H22FN5O/c1-4-19(31)29-11-12-30-23(15(29)3)21(22(28-30)16-5-7-17(25)8-6-16)18-9-10-26-24-20(18)14(2)13-27-24/h4-10,13,15H,1,11-12H2,2-3H3,(H,26,27). The first kappa shape index (κ1) is 19.2. The Morgan fingerprint density at radius 3 is 2.77 bits per heavy atom. The summed E-state index contributed by atoms with van der Waals surface area (Å²) in [5.41, 5.74) is 6.34. The molecule has 0 bridgehead atoms. The van der Waals surface area contributed by atoms with E-state index in [2.05, 4.69) is 16.5 Å². The number of pyridine rings is 1. The van der Waals surface area contributed by atoms with Crippen molar-refractivity contribution in [2.45, 2.75) is 26.4 Å². The van der Waals surface area contributed by atoms with E-state index in [0.717, 1.165) is 44.7 Å². The fourth-order valence-corrected chi connectivity index (χ4v) is 4.53. The van der Waals surface area contributed by atoms with Crippen molar-refractivity contribution in [1.29, 1.82) is 0 Å². The third kappa shape index (κ3) is 2.96. The molecule has 0 spiro atoms. The summed E-state index contributed by atoms with van der Waals surface area (Å²) < 4.78 is 15.6. The van der Waals surface area contributed by atoms with E-state index < -0.39 is 0 Å². The van der Waals surface area contributed by atoms with E-state index in [-0.39, 0.29) is 17.8 Å². The van der Waals surface area contributed by atoms with Gasteiger partial charge >= 0.3 is 0 Å². The molecule has 5 rings (SSSR count). The van der Waals surface area contributed by atoms with Gasteiger partial charge in [0.1, 0.15) is 17.2 Å². The van der Waals surface area contributed by atoms with Crippen LogP contribution in [-0.4, -0.2) is 37.1 Å². The number of halogens is 1. The number of fused-ring (bicyclic) bond motifs is 2. The van der Waals surface area contributed by atoms with Gasteiger partial charge in [-0.05, 0) is 61.4 Å². The van der Waals surface area contributed by atoms with Gasteiger partial charge in [-0.2, -0.15) is 5.10 Å². The summed E-state index contributed by atoms with van der Waals surface area (Å²) in [6, 6.07) is 8.16. The van der Waals surface area contributed by atoms with Crippen LogP contribution in [0.25, 0.3) is 33.4 Å². The van der Waals surface area contributed by atoms with Gasteiger partial charge in [0.25, 0.3) is 0 Å². The molecule has 7 heteroatoms. The summed E-state index contributed by atoms with van der Waals surface area (Å²) in [6.07, 6.45) is 5.06. The van der Waals surface area contributed by atoms with E-state index in [1.165, 1.54) is 18.2 Å². The molecule has 0 radical (unpaired) electrons. The number of rotatable bonds is 3. The van der Waals surface area contributed by atoms with Gasteiger partial charge in [-0.15, -0.1) is 0 Å². The minimum Gasteiger partial charge on any atom is -0.346 e. The summed E-state index contributed by atoms with van der Waals surface area (Å²) in [5.74, 6) is -0.398. The molecule has 1 aliphatic heterocycles. The molecule has 1 amide bonds. The Balaban J connectivity index is 1.82. The van der Waals surface area contributed by atoms with Crippen LogP contribution in [-0.2, 0) is 11.3 Å². The second-order valence-electron chi connectivity index (χ2n) is 7.80. The van der Waals surface area contributed by atoms with Gasteiger partial charge in [-0.1, -0.05) is 6.58 Å². The Bertz CT molecular complexity index is 1320. The van der Waals surface area contributed by atoms with Crippen molar-refractivity contribution in [2.75, 3.05) is 6.54 Å². The van der Waals surface area contributed by atoms with Crippen molar-refractivity contribution in [1.82, 2.24) is 24.6 Å². The smallest absolute Gasteiger partial charge is 0.246 e. The van der Waals surface area contributed by atoms with Crippen LogP contribution in [0, 0.1) is 12.7 Å². The molecule has 0 saturated carbocycles. The number of amides is 1. The maximum absolute atomic E-state index is 13.6. The summed E-state index contributed by atoms with van der Waals surface area (Å²) in [6.45, 7) is 8.83. The number of aromatic amines is 1. The molecule has 0 aliphatic carbocycles. The number of aromatic nitrogens is 4. The number of hydrogen-bond donors (Lipinski definition) is 1. The molecule has 4 aromatic rings. The van der Waals surface area contributed by atoms with Gasteiger partial charge in [0.2, 0.25) is 5.91 Å². The zero-order valence-electron chi connectivity index (χ0n) is 17.4. The molecule has 1 N–H and O–H groups in total. The second kappa shape index (κ2) is 7.19. The average Bonchev–Trinajstić information content (AvgIpc) is 3.35. The van der Waals surface area contributed by atoms with Gasteiger partial charge in [-0.3, -0.25) is 9.48 Å². The van der Waals surface area contributed by atoms with Crippen LogP contribution in [0.5, 0.6) is 0 Å². The first-order chi connectivity index (χ1) is 15.0. The lowest BCUT2D eigenvalue weighted by atomic mass is 9.93. The number of carbonyl (C=O) groups excluding carboxylic acids is 1. The largest absolute Gasteiger partial charge is 0.346 e. The Morgan fingerprint density at radius 1 is 1.26 bits per heavy atom. The zero-order valence-corrected chi connectivity index (χ0v) is 17.4. The SMILES string of the molecule is C=CC(=O)N1CCn2nc(-c3ccc(F)cc3)c(-c3ccnc4[nH]cc(C)c34)c2C1C. The van der Waals surface area contributed by atoms with Gasteiger partial charge in [0, 0.05) is 35.5 Å². The highest BCUT2D eigenvalue weighted by molar-refractivity contribution is 6.00. The lowest BCUT2D eigenvalue weighted by Gasteiger charge is -2.34. The first-order valence-electron chi connectivity index (χ1n) is 10.2. The molecule has 0 saturated heterocycles. The summed E-state index contributed by atoms with van der Waals surface area (Å²) in [5, 5.41) is 5.93. The Hall–Kier alpha value is -3.74. The third-order valence-corrected chi connectivity index (χ3v) is 6.02. The molecular formula is C24H22FN5O. The molecule has 156 valence electrons. The van der Waals surface area contributed by atoms with Crippen LogP contribution in [0.15, 0.2) is 55.4 Å². The van der Waals surface area contributed by atoms with Crippen molar-refractivity contribution in [3.05, 3.63) is 72.5 Å². The van der Waals surface area contributed by atoms with E-state index in [1.54, 1.807) is 18.3 Å². The van der Waals surface area contributed by atoms with Gasteiger partial charge < -0.3 is 9.88 Å². The van der Waals surface area contributed by atoms with Crippen LogP contribution in [0.4, 0.5) is 4.39 Å². The fraction of sp³-hybridized carbons (Fsp3) is 0.208. The van der Waals surface area contributed by atoms with E-state index in [4.69, 9.17) is 5.10 Å². The average molecular weight is 415 g/mol. The minimum absolute atomic E-state index is 0.105. The highest BCUT2D eigenvalue weighted by Crippen LogP contribution is 2.43. The van der Waals surface area contributed by atoms with Gasteiger partial charge in [0.15, 0.2) is 0 Å². The minimum atomic E-state index is -0.293. The lowest BCUT2D eigenvalue weighted by Crippen LogP contribution is -2.40. The molecule has 4 heterocycles. The quantitative estimate of drug-likeness (QED) is 0.496. The third-order valence-electron chi connectivity index (χ3n) is 6.02. The molecule has 1 unspecified atom stereocenters. The molecule has 1 atom stereocenters. The Labute approximate surface area is 179 Å². The maximum Gasteiger partial charge on any atom is 0.246 e. The topological polar surface area (TPSA) is 66.8 Å². The molecule has 1 aromatic carbocycles. The highest BCUT2D eigenvalue weighted by Gasteiger charge is 2.33. The van der Waals surface area contributed by atoms with E-state index in [0.29, 0.717) is 13.1 Å². The van der Waals surface area contributed by atoms with Crippen molar-refractivity contribution >= 4 is 16.9 Å². The Kier molecular flexibility index (Phi) is 4.46. The number of nitrogens with zero attached hydrogens (tertiary/aromatic N) is 4. The fourth-order valence-electron chi connectivity index (χ4n) is 4.53. The second-order valence-corrected chi connectivity index (χ2v) is 7.80. The number of carbonyl (C=O) groups is 1. The van der Waals surface area contributed by atoms with E-state index >= 15 is 0 Å². The van der Waals surface area contributed by atoms with Crippen LogP contribution in [0.3, 0.4) is 0 Å². The van der Waals surface area contributed by atoms with Gasteiger partial charge in [-0.25, -0.2) is 9.37 Å². The monoisotopic (exact) mass is 415 g/mol.